The Kier molecular flexibility index (Phi) is 8.58. The Balaban J connectivity index is 1.30. The smallest absolute Gasteiger partial charge is 0.335 e. The molecule has 1 fully saturated rings. The molecular weight excluding hydrogens is 392 g/mol. The first-order valence-corrected chi connectivity index (χ1v) is 10.8. The summed E-state index contributed by atoms with van der Waals surface area (Å²) in [7, 11) is 0. The molecule has 1 heterocycles. The molecule has 5 N–H and O–H groups in total. The van der Waals surface area contributed by atoms with E-state index in [9.17, 15) is 9.59 Å². The summed E-state index contributed by atoms with van der Waals surface area (Å²) < 4.78 is 0. The number of hydrogen-bond donors (Lipinski definition) is 4. The van der Waals surface area contributed by atoms with E-state index >= 15 is 0 Å². The Morgan fingerprint density at radius 3 is 2.35 bits per heavy atom. The first-order valence-electron chi connectivity index (χ1n) is 10.8. The van der Waals surface area contributed by atoms with Crippen LogP contribution in [0.25, 0.3) is 0 Å². The van der Waals surface area contributed by atoms with Crippen molar-refractivity contribution >= 4 is 11.9 Å². The van der Waals surface area contributed by atoms with Gasteiger partial charge in [-0.25, -0.2) is 4.79 Å². The topological polar surface area (TPSA) is 108 Å². The zero-order valence-electron chi connectivity index (χ0n) is 17.8. The van der Waals surface area contributed by atoms with Crippen LogP contribution in [-0.2, 0) is 17.9 Å². The molecule has 3 rings (SSSR count). The second-order valence-corrected chi connectivity index (χ2v) is 8.19. The molecule has 166 valence electrons. The van der Waals surface area contributed by atoms with E-state index in [1.165, 1.54) is 5.56 Å². The van der Waals surface area contributed by atoms with Gasteiger partial charge in [0.2, 0.25) is 5.91 Å². The van der Waals surface area contributed by atoms with Crippen molar-refractivity contribution < 1.29 is 14.7 Å². The Hall–Kier alpha value is -2.74. The van der Waals surface area contributed by atoms with E-state index in [-0.39, 0.29) is 11.5 Å². The lowest BCUT2D eigenvalue weighted by Gasteiger charge is -2.32. The van der Waals surface area contributed by atoms with Crippen LogP contribution in [0.3, 0.4) is 0 Å². The molecule has 1 aliphatic rings. The molecule has 1 atom stereocenters. The Morgan fingerprint density at radius 1 is 1.03 bits per heavy atom. The largest absolute Gasteiger partial charge is 0.478 e. The fourth-order valence-electron chi connectivity index (χ4n) is 3.80. The maximum Gasteiger partial charge on any atom is 0.335 e. The van der Waals surface area contributed by atoms with Crippen LogP contribution in [0.1, 0.15) is 34.3 Å². The summed E-state index contributed by atoms with van der Waals surface area (Å²) in [5, 5.41) is 15.1. The highest BCUT2D eigenvalue weighted by atomic mass is 16.4. The minimum absolute atomic E-state index is 0.138. The standard InChI is InChI=1S/C24H32N4O3/c25-22(16-26-14-18-6-8-21(9-7-18)24(30)31)23(29)27-15-19-10-12-28(13-11-19)17-20-4-2-1-3-5-20/h1-9,19,22,26H,10-17,25H2,(H,27,29)(H,30,31). The summed E-state index contributed by atoms with van der Waals surface area (Å²) >= 11 is 0. The highest BCUT2D eigenvalue weighted by Gasteiger charge is 2.21. The van der Waals surface area contributed by atoms with Crippen LogP contribution in [-0.4, -0.2) is 54.1 Å². The lowest BCUT2D eigenvalue weighted by atomic mass is 9.96. The van der Waals surface area contributed by atoms with Gasteiger partial charge in [0.25, 0.3) is 0 Å². The average molecular weight is 425 g/mol. The molecule has 31 heavy (non-hydrogen) atoms. The molecule has 0 saturated carbocycles. The molecule has 1 saturated heterocycles. The number of carboxylic acid groups (broad SMARTS) is 1. The Morgan fingerprint density at radius 2 is 1.71 bits per heavy atom. The summed E-state index contributed by atoms with van der Waals surface area (Å²) in [5.41, 5.74) is 8.55. The molecule has 7 nitrogen and oxygen atoms in total. The molecule has 0 bridgehead atoms. The normalized spacial score (nSPS) is 16.0. The lowest BCUT2D eigenvalue weighted by molar-refractivity contribution is -0.122. The van der Waals surface area contributed by atoms with Crippen LogP contribution in [0.2, 0.25) is 0 Å². The molecular formula is C24H32N4O3. The number of amides is 1. The van der Waals surface area contributed by atoms with Gasteiger partial charge >= 0.3 is 5.97 Å². The number of nitrogens with one attached hydrogen (secondary N) is 2. The summed E-state index contributed by atoms with van der Waals surface area (Å²) in [6.45, 7) is 4.63. The highest BCUT2D eigenvalue weighted by Crippen LogP contribution is 2.18. The fourth-order valence-corrected chi connectivity index (χ4v) is 3.80. The number of carboxylic acids is 1. The van der Waals surface area contributed by atoms with Gasteiger partial charge in [0.05, 0.1) is 11.6 Å². The van der Waals surface area contributed by atoms with Crippen molar-refractivity contribution in [1.29, 1.82) is 0 Å². The number of hydrogen-bond acceptors (Lipinski definition) is 5. The summed E-state index contributed by atoms with van der Waals surface area (Å²) in [5.74, 6) is -0.593. The van der Waals surface area contributed by atoms with E-state index in [2.05, 4.69) is 39.8 Å². The van der Waals surface area contributed by atoms with E-state index in [4.69, 9.17) is 10.8 Å². The van der Waals surface area contributed by atoms with Crippen LogP contribution < -0.4 is 16.4 Å². The van der Waals surface area contributed by atoms with E-state index in [1.807, 2.05) is 6.07 Å². The van der Waals surface area contributed by atoms with Crippen molar-refractivity contribution in [2.45, 2.75) is 32.0 Å². The molecule has 0 aromatic heterocycles. The number of likely N-dealkylation sites (tertiary alicyclic amines) is 1. The van der Waals surface area contributed by atoms with Gasteiger partial charge in [0.1, 0.15) is 0 Å². The van der Waals surface area contributed by atoms with Gasteiger partial charge in [-0.1, -0.05) is 42.5 Å². The summed E-state index contributed by atoms with van der Waals surface area (Å²) in [6, 6.07) is 16.5. The lowest BCUT2D eigenvalue weighted by Crippen LogP contribution is -2.48. The second kappa shape index (κ2) is 11.6. The molecule has 1 amide bonds. The van der Waals surface area contributed by atoms with Gasteiger partial charge in [0, 0.05) is 26.2 Å². The predicted molar refractivity (Wildman–Crippen MR) is 121 cm³/mol. The third-order valence-corrected chi connectivity index (χ3v) is 5.75. The zero-order valence-corrected chi connectivity index (χ0v) is 17.8. The van der Waals surface area contributed by atoms with Crippen LogP contribution in [0.15, 0.2) is 54.6 Å². The van der Waals surface area contributed by atoms with Crippen molar-refractivity contribution in [3.05, 3.63) is 71.3 Å². The molecule has 1 unspecified atom stereocenters. The molecule has 7 heteroatoms. The van der Waals surface area contributed by atoms with Gasteiger partial charge in [-0.05, 0) is 55.1 Å². The first kappa shape index (κ1) is 22.9. The first-order chi connectivity index (χ1) is 15.0. The van der Waals surface area contributed by atoms with Crippen molar-refractivity contribution in [3.63, 3.8) is 0 Å². The fraction of sp³-hybridized carbons (Fsp3) is 0.417. The van der Waals surface area contributed by atoms with E-state index in [0.717, 1.165) is 38.0 Å². The van der Waals surface area contributed by atoms with Gasteiger partial charge in [0.15, 0.2) is 0 Å². The monoisotopic (exact) mass is 424 g/mol. The molecule has 2 aromatic carbocycles. The van der Waals surface area contributed by atoms with Gasteiger partial charge in [-0.15, -0.1) is 0 Å². The van der Waals surface area contributed by atoms with E-state index in [0.29, 0.717) is 25.6 Å². The molecule has 0 aliphatic carbocycles. The number of piperidine rings is 1. The minimum Gasteiger partial charge on any atom is -0.478 e. The van der Waals surface area contributed by atoms with Crippen molar-refractivity contribution in [1.82, 2.24) is 15.5 Å². The SMILES string of the molecule is NC(CNCc1ccc(C(=O)O)cc1)C(=O)NCC1CCN(Cc2ccccc2)CC1. The van der Waals surface area contributed by atoms with Gasteiger partial charge in [-0.3, -0.25) is 9.69 Å². The number of benzene rings is 2. The third-order valence-electron chi connectivity index (χ3n) is 5.75. The maximum absolute atomic E-state index is 12.3. The average Bonchev–Trinajstić information content (AvgIpc) is 2.79. The van der Waals surface area contributed by atoms with Crippen molar-refractivity contribution in [2.75, 3.05) is 26.2 Å². The van der Waals surface area contributed by atoms with Crippen LogP contribution in [0.4, 0.5) is 0 Å². The molecule has 0 radical (unpaired) electrons. The number of rotatable bonds is 10. The zero-order chi connectivity index (χ0) is 22.1. The number of nitrogens with two attached hydrogens (primary N) is 1. The number of nitrogens with zero attached hydrogens (tertiary/aromatic N) is 1. The summed E-state index contributed by atoms with van der Waals surface area (Å²) in [4.78, 5) is 25.6. The van der Waals surface area contributed by atoms with Crippen molar-refractivity contribution in [3.8, 4) is 0 Å². The van der Waals surface area contributed by atoms with E-state index < -0.39 is 12.0 Å². The van der Waals surface area contributed by atoms with Crippen molar-refractivity contribution in [2.24, 2.45) is 11.7 Å². The van der Waals surface area contributed by atoms with Gasteiger partial charge < -0.3 is 21.5 Å². The van der Waals surface area contributed by atoms with Gasteiger partial charge in [-0.2, -0.15) is 0 Å². The van der Waals surface area contributed by atoms with E-state index in [1.54, 1.807) is 24.3 Å². The number of carbonyl (C=O) groups excluding carboxylic acids is 1. The molecule has 0 spiro atoms. The summed E-state index contributed by atoms with van der Waals surface area (Å²) in [6.07, 6.45) is 2.15. The Bertz CT molecular complexity index is 834. The highest BCUT2D eigenvalue weighted by molar-refractivity contribution is 5.87. The second-order valence-electron chi connectivity index (χ2n) is 8.19. The molecule has 1 aliphatic heterocycles. The minimum atomic E-state index is -0.944. The van der Waals surface area contributed by atoms with Crippen LogP contribution in [0, 0.1) is 5.92 Å². The number of carbonyl (C=O) groups is 2. The Labute approximate surface area is 183 Å². The predicted octanol–water partition coefficient (Wildman–Crippen LogP) is 1.83. The number of aromatic carboxylic acids is 1. The van der Waals surface area contributed by atoms with Crippen LogP contribution in [0.5, 0.6) is 0 Å². The molecule has 2 aromatic rings. The van der Waals surface area contributed by atoms with Crippen LogP contribution >= 0.6 is 0 Å². The third kappa shape index (κ3) is 7.47. The quantitative estimate of drug-likeness (QED) is 0.464. The maximum atomic E-state index is 12.3.